The molecule has 2 N–H and O–H groups in total. The van der Waals surface area contributed by atoms with Gasteiger partial charge in [-0.15, -0.1) is 0 Å². The van der Waals surface area contributed by atoms with Crippen LogP contribution in [0.4, 0.5) is 0 Å². The number of aliphatic carboxylic acids is 1. The van der Waals surface area contributed by atoms with Crippen molar-refractivity contribution in [1.82, 2.24) is 4.72 Å². The number of carbonyl (C=O) groups is 1. The zero-order valence-electron chi connectivity index (χ0n) is 11.0. The Hall–Kier alpha value is -0.630. The summed E-state index contributed by atoms with van der Waals surface area (Å²) in [6.45, 7) is 3.23. The summed E-state index contributed by atoms with van der Waals surface area (Å²) in [5.74, 6) is -1.21. The lowest BCUT2D eigenvalue weighted by atomic mass is 9.95. The van der Waals surface area contributed by atoms with Crippen LogP contribution in [0.2, 0.25) is 5.02 Å². The quantitative estimate of drug-likeness (QED) is 0.789. The first-order valence-corrected chi connectivity index (χ1v) is 8.56. The number of nitrogens with one attached hydrogen (secondary N) is 1. The maximum Gasteiger partial charge on any atom is 0.324 e. The highest BCUT2D eigenvalue weighted by Crippen LogP contribution is 2.27. The molecule has 1 aromatic carbocycles. The van der Waals surface area contributed by atoms with Gasteiger partial charge in [-0.3, -0.25) is 4.79 Å². The minimum atomic E-state index is -4.02. The van der Waals surface area contributed by atoms with Crippen LogP contribution in [0.25, 0.3) is 0 Å². The Morgan fingerprint density at radius 2 is 1.95 bits per heavy atom. The number of hydrogen-bond donors (Lipinski definition) is 2. The van der Waals surface area contributed by atoms with Gasteiger partial charge in [-0.05, 0) is 31.0 Å². The Kier molecular flexibility index (Phi) is 5.60. The van der Waals surface area contributed by atoms with Gasteiger partial charge in [0.2, 0.25) is 10.0 Å². The lowest BCUT2D eigenvalue weighted by Gasteiger charge is -2.27. The molecule has 0 bridgehead atoms. The van der Waals surface area contributed by atoms with Crippen LogP contribution in [0.15, 0.2) is 27.6 Å². The van der Waals surface area contributed by atoms with E-state index in [0.717, 1.165) is 0 Å². The molecule has 0 unspecified atom stereocenters. The van der Waals surface area contributed by atoms with E-state index in [1.807, 2.05) is 0 Å². The summed E-state index contributed by atoms with van der Waals surface area (Å²) in [4.78, 5) is 11.2. The van der Waals surface area contributed by atoms with E-state index in [4.69, 9.17) is 11.6 Å². The Labute approximate surface area is 131 Å². The van der Waals surface area contributed by atoms with Crippen molar-refractivity contribution < 1.29 is 18.3 Å². The lowest BCUT2D eigenvalue weighted by molar-refractivity contribution is -0.144. The molecule has 112 valence electrons. The third-order valence-electron chi connectivity index (χ3n) is 3.13. The summed E-state index contributed by atoms with van der Waals surface area (Å²) in [6, 6.07) is 4.30. The Morgan fingerprint density at radius 1 is 1.40 bits per heavy atom. The van der Waals surface area contributed by atoms with Crippen LogP contribution in [0.3, 0.4) is 0 Å². The zero-order valence-corrected chi connectivity index (χ0v) is 14.1. The normalized spacial score (nSPS) is 12.4. The van der Waals surface area contributed by atoms with Crippen LogP contribution in [-0.2, 0) is 14.8 Å². The third-order valence-corrected chi connectivity index (χ3v) is 5.64. The molecule has 0 aliphatic rings. The zero-order chi connectivity index (χ0) is 15.6. The summed E-state index contributed by atoms with van der Waals surface area (Å²) >= 11 is 9.09. The van der Waals surface area contributed by atoms with Crippen molar-refractivity contribution in [1.29, 1.82) is 0 Å². The van der Waals surface area contributed by atoms with E-state index < -0.39 is 21.5 Å². The van der Waals surface area contributed by atoms with Gasteiger partial charge in [0.1, 0.15) is 10.4 Å². The smallest absolute Gasteiger partial charge is 0.324 e. The van der Waals surface area contributed by atoms with Crippen LogP contribution in [0, 0.1) is 0 Å². The molecule has 0 aliphatic heterocycles. The molecule has 0 saturated carbocycles. The number of halogens is 2. The molecule has 8 heteroatoms. The van der Waals surface area contributed by atoms with Crippen LogP contribution >= 0.6 is 27.5 Å². The van der Waals surface area contributed by atoms with E-state index in [1.54, 1.807) is 13.8 Å². The van der Waals surface area contributed by atoms with E-state index in [-0.39, 0.29) is 22.8 Å². The van der Waals surface area contributed by atoms with Crippen LogP contribution in [0.1, 0.15) is 26.7 Å². The number of carboxylic acids is 1. The first-order chi connectivity index (χ1) is 9.18. The molecular formula is C12H15BrClNO4S. The SMILES string of the molecule is CCC(CC)(NS(=O)(=O)c1ccc(Br)cc1Cl)C(=O)O. The van der Waals surface area contributed by atoms with Gasteiger partial charge < -0.3 is 5.11 Å². The van der Waals surface area contributed by atoms with Gasteiger partial charge in [-0.1, -0.05) is 41.4 Å². The molecular weight excluding hydrogens is 370 g/mol. The van der Waals surface area contributed by atoms with Gasteiger partial charge in [0.05, 0.1) is 5.02 Å². The van der Waals surface area contributed by atoms with E-state index in [0.29, 0.717) is 4.47 Å². The van der Waals surface area contributed by atoms with Crippen molar-refractivity contribution in [3.63, 3.8) is 0 Å². The molecule has 1 rings (SSSR count). The predicted octanol–water partition coefficient (Wildman–Crippen LogP) is 3.02. The van der Waals surface area contributed by atoms with E-state index in [2.05, 4.69) is 20.7 Å². The molecule has 0 spiro atoms. The van der Waals surface area contributed by atoms with Crippen molar-refractivity contribution in [3.05, 3.63) is 27.7 Å². The summed E-state index contributed by atoms with van der Waals surface area (Å²) in [6.07, 6.45) is 0.262. The molecule has 0 fully saturated rings. The third kappa shape index (κ3) is 3.52. The maximum absolute atomic E-state index is 12.3. The largest absolute Gasteiger partial charge is 0.480 e. The Morgan fingerprint density at radius 3 is 2.35 bits per heavy atom. The number of carboxylic acid groups (broad SMARTS) is 1. The topological polar surface area (TPSA) is 83.5 Å². The fourth-order valence-corrected chi connectivity index (χ4v) is 4.29. The van der Waals surface area contributed by atoms with Crippen molar-refractivity contribution in [2.45, 2.75) is 37.1 Å². The first-order valence-electron chi connectivity index (χ1n) is 5.91. The molecule has 5 nitrogen and oxygen atoms in total. The molecule has 0 atom stereocenters. The summed E-state index contributed by atoms with van der Waals surface area (Å²) < 4.78 is 27.5. The van der Waals surface area contributed by atoms with Crippen molar-refractivity contribution in [2.75, 3.05) is 0 Å². The summed E-state index contributed by atoms with van der Waals surface area (Å²) in [5, 5.41) is 9.31. The molecule has 0 aromatic heterocycles. The average molecular weight is 385 g/mol. The standard InChI is InChI=1S/C12H15BrClNO4S/c1-3-12(4-2,11(16)17)15-20(18,19)10-6-5-8(13)7-9(10)14/h5-7,15H,3-4H2,1-2H3,(H,16,17). The second-order valence-electron chi connectivity index (χ2n) is 4.27. The van der Waals surface area contributed by atoms with Crippen molar-refractivity contribution >= 4 is 43.5 Å². The average Bonchev–Trinajstić information content (AvgIpc) is 2.35. The van der Waals surface area contributed by atoms with Gasteiger partial charge >= 0.3 is 5.97 Å². The van der Waals surface area contributed by atoms with Gasteiger partial charge in [0.15, 0.2) is 0 Å². The number of rotatable bonds is 6. The highest BCUT2D eigenvalue weighted by molar-refractivity contribution is 9.10. The van der Waals surface area contributed by atoms with E-state index in [9.17, 15) is 18.3 Å². The Bertz CT molecular complexity index is 614. The fourth-order valence-electron chi connectivity index (χ4n) is 1.75. The summed E-state index contributed by atoms with van der Waals surface area (Å²) in [5.41, 5.74) is -1.53. The van der Waals surface area contributed by atoms with Crippen LogP contribution in [-0.4, -0.2) is 25.0 Å². The predicted molar refractivity (Wildman–Crippen MR) is 80.4 cm³/mol. The fraction of sp³-hybridized carbons (Fsp3) is 0.417. The monoisotopic (exact) mass is 383 g/mol. The van der Waals surface area contributed by atoms with E-state index in [1.165, 1.54) is 18.2 Å². The molecule has 1 aromatic rings. The Balaban J connectivity index is 3.27. The van der Waals surface area contributed by atoms with Crippen LogP contribution < -0.4 is 4.72 Å². The van der Waals surface area contributed by atoms with Gasteiger partial charge in [-0.25, -0.2) is 8.42 Å². The van der Waals surface area contributed by atoms with Gasteiger partial charge in [0, 0.05) is 4.47 Å². The second-order valence-corrected chi connectivity index (χ2v) is 7.25. The van der Waals surface area contributed by atoms with Crippen molar-refractivity contribution in [3.8, 4) is 0 Å². The molecule has 0 saturated heterocycles. The van der Waals surface area contributed by atoms with Gasteiger partial charge in [0.25, 0.3) is 0 Å². The van der Waals surface area contributed by atoms with Crippen molar-refractivity contribution in [2.24, 2.45) is 0 Å². The lowest BCUT2D eigenvalue weighted by Crippen LogP contribution is -2.53. The first kappa shape index (κ1) is 17.4. The molecule has 0 amide bonds. The minimum Gasteiger partial charge on any atom is -0.480 e. The molecule has 0 radical (unpaired) electrons. The summed E-state index contributed by atoms with van der Waals surface area (Å²) in [7, 11) is -4.02. The maximum atomic E-state index is 12.3. The number of hydrogen-bond acceptors (Lipinski definition) is 3. The second kappa shape index (κ2) is 6.43. The van der Waals surface area contributed by atoms with Crippen LogP contribution in [0.5, 0.6) is 0 Å². The number of benzene rings is 1. The van der Waals surface area contributed by atoms with E-state index >= 15 is 0 Å². The highest BCUT2D eigenvalue weighted by atomic mass is 79.9. The number of sulfonamides is 1. The molecule has 0 heterocycles. The highest BCUT2D eigenvalue weighted by Gasteiger charge is 2.39. The molecule has 20 heavy (non-hydrogen) atoms. The van der Waals surface area contributed by atoms with Gasteiger partial charge in [-0.2, -0.15) is 4.72 Å². The minimum absolute atomic E-state index is 0.0263. The molecule has 0 aliphatic carbocycles.